The Hall–Kier alpha value is -2.34. The number of thioether (sulfide) groups is 1. The van der Waals surface area contributed by atoms with Crippen molar-refractivity contribution in [3.05, 3.63) is 62.8 Å². The molecule has 2 rings (SSSR count). The maximum atomic E-state index is 12.1. The van der Waals surface area contributed by atoms with Crippen LogP contribution in [0.15, 0.2) is 47.1 Å². The van der Waals surface area contributed by atoms with Gasteiger partial charge in [-0.15, -0.1) is 22.1 Å². The zero-order chi connectivity index (χ0) is 33.0. The van der Waals surface area contributed by atoms with Crippen LogP contribution in [0, 0.1) is 16.0 Å². The highest BCUT2D eigenvalue weighted by atomic mass is 32.3. The van der Waals surface area contributed by atoms with E-state index in [0.29, 0.717) is 25.7 Å². The number of allylic oxidation sites excluding steroid dienone is 3. The van der Waals surface area contributed by atoms with E-state index in [-0.39, 0.29) is 23.5 Å². The van der Waals surface area contributed by atoms with Crippen LogP contribution in [0.2, 0.25) is 0 Å². The summed E-state index contributed by atoms with van der Waals surface area (Å²) in [5.41, 5.74) is 0.831. The molecule has 0 aliphatic heterocycles. The molecule has 11 heteroatoms. The third-order valence-corrected chi connectivity index (χ3v) is 10.6. The first-order valence-corrected chi connectivity index (χ1v) is 19.0. The molecule has 0 spiro atoms. The van der Waals surface area contributed by atoms with Gasteiger partial charge >= 0.3 is 11.9 Å². The van der Waals surface area contributed by atoms with Crippen molar-refractivity contribution in [2.24, 2.45) is 5.92 Å². The maximum Gasteiger partial charge on any atom is 0.310 e. The van der Waals surface area contributed by atoms with Gasteiger partial charge in [-0.3, -0.25) is 19.7 Å². The normalized spacial score (nSPS) is 15.9. The number of nitro benzene ring substituents is 1. The van der Waals surface area contributed by atoms with Gasteiger partial charge in [0, 0.05) is 55.7 Å². The first-order valence-electron chi connectivity index (χ1n) is 15.5. The Morgan fingerprint density at radius 3 is 2.36 bits per heavy atom. The van der Waals surface area contributed by atoms with Gasteiger partial charge in [-0.05, 0) is 61.7 Å². The molecule has 0 heterocycles. The van der Waals surface area contributed by atoms with Crippen LogP contribution in [-0.2, 0) is 29.7 Å². The number of carbonyl (C=O) groups excluding carboxylic acids is 2. The summed E-state index contributed by atoms with van der Waals surface area (Å²) in [6, 6.07) is 6.17. The van der Waals surface area contributed by atoms with Crippen LogP contribution in [0.3, 0.4) is 0 Å². The summed E-state index contributed by atoms with van der Waals surface area (Å²) in [5.74, 6) is 2.47. The number of ether oxygens (including phenoxy) is 2. The van der Waals surface area contributed by atoms with Crippen molar-refractivity contribution in [2.45, 2.75) is 90.6 Å². The van der Waals surface area contributed by atoms with Crippen molar-refractivity contribution in [1.82, 2.24) is 0 Å². The number of carbonyl (C=O) groups is 2. The number of benzene rings is 1. The van der Waals surface area contributed by atoms with Gasteiger partial charge in [-0.1, -0.05) is 51.0 Å². The number of esters is 2. The van der Waals surface area contributed by atoms with Crippen molar-refractivity contribution in [1.29, 1.82) is 0 Å². The lowest BCUT2D eigenvalue weighted by atomic mass is 10.0. The summed E-state index contributed by atoms with van der Waals surface area (Å²) in [4.78, 5) is 34.7. The number of unbranched alkanes of at least 4 members (excludes halogenated alkanes) is 3. The fourth-order valence-corrected chi connectivity index (χ4v) is 6.78. The van der Waals surface area contributed by atoms with Gasteiger partial charge in [0.2, 0.25) is 0 Å². The third kappa shape index (κ3) is 16.7. The molecular formula is C33H53NO8S2. The van der Waals surface area contributed by atoms with Gasteiger partial charge in [0.15, 0.2) is 0 Å². The molecule has 250 valence electrons. The van der Waals surface area contributed by atoms with E-state index in [0.717, 1.165) is 54.1 Å². The number of hydrogen-bond donors (Lipinski definition) is 1. The Labute approximate surface area is 269 Å². The minimum Gasteiger partial charge on any atom is -0.469 e. The highest BCUT2D eigenvalue weighted by molar-refractivity contribution is 8.28. The van der Waals surface area contributed by atoms with Crippen LogP contribution in [0.25, 0.3) is 0 Å². The van der Waals surface area contributed by atoms with Crippen molar-refractivity contribution in [2.75, 3.05) is 38.2 Å². The van der Waals surface area contributed by atoms with E-state index in [2.05, 4.69) is 24.2 Å². The number of aliphatic hydroxyl groups excluding tert-OH is 1. The average molecular weight is 656 g/mol. The molecule has 0 amide bonds. The van der Waals surface area contributed by atoms with E-state index in [4.69, 9.17) is 8.92 Å². The molecule has 0 aromatic heterocycles. The largest absolute Gasteiger partial charge is 0.469 e. The Balaban J connectivity index is 0.000000930. The van der Waals surface area contributed by atoms with E-state index in [1.165, 1.54) is 37.8 Å². The second kappa shape index (κ2) is 22.2. The van der Waals surface area contributed by atoms with E-state index < -0.39 is 21.3 Å². The second-order valence-corrected chi connectivity index (χ2v) is 15.9. The van der Waals surface area contributed by atoms with Crippen molar-refractivity contribution >= 4 is 39.7 Å². The summed E-state index contributed by atoms with van der Waals surface area (Å²) >= 11 is 1.67. The zero-order valence-corrected chi connectivity index (χ0v) is 29.0. The molecule has 0 saturated carbocycles. The Bertz CT molecular complexity index is 1070. The van der Waals surface area contributed by atoms with E-state index in [1.54, 1.807) is 30.0 Å². The summed E-state index contributed by atoms with van der Waals surface area (Å²) in [6.07, 6.45) is 16.0. The molecule has 9 nitrogen and oxygen atoms in total. The summed E-state index contributed by atoms with van der Waals surface area (Å²) < 4.78 is 15.6. The average Bonchev–Trinajstić information content (AvgIpc) is 3.37. The molecule has 2 atom stereocenters. The minimum absolute atomic E-state index is 0.0204. The summed E-state index contributed by atoms with van der Waals surface area (Å²) in [7, 11) is 2.52. The number of nitro groups is 1. The van der Waals surface area contributed by atoms with E-state index >= 15 is 0 Å². The third-order valence-electron chi connectivity index (χ3n) is 7.09. The number of nitrogens with zero attached hydrogens (tertiary/aromatic N) is 1. The molecule has 1 N–H and O–H groups in total. The smallest absolute Gasteiger partial charge is 0.310 e. The van der Waals surface area contributed by atoms with Gasteiger partial charge in [0.25, 0.3) is 5.69 Å². The topological polar surface area (TPSA) is 125 Å². The standard InChI is InChI=1S/C26H35NO7S.C7H18OS/c1-3-7-25(30)34-23-16-12-20(26(23)35-17-6-4-5-8-24(29)33-2)11-15-22(28)18-19-9-13-21(14-10-19)27(31)32;1-5-6-7-9(3,4)8-2/h9-11,13-15,20,22,28H,3-8,12,16-18H2,1-2H3;5-7H2,1-4H3/b15-11+;. The van der Waals surface area contributed by atoms with Crippen LogP contribution >= 0.6 is 22.1 Å². The van der Waals surface area contributed by atoms with Crippen LogP contribution in [-0.4, -0.2) is 66.3 Å². The fourth-order valence-electron chi connectivity index (χ4n) is 4.35. The zero-order valence-electron chi connectivity index (χ0n) is 27.4. The van der Waals surface area contributed by atoms with E-state index in [9.17, 15) is 24.8 Å². The summed E-state index contributed by atoms with van der Waals surface area (Å²) in [6.45, 7) is 4.15. The first kappa shape index (κ1) is 39.7. The van der Waals surface area contributed by atoms with Crippen molar-refractivity contribution < 1.29 is 33.3 Å². The molecule has 1 aromatic carbocycles. The quantitative estimate of drug-likeness (QED) is 0.0520. The molecule has 1 aromatic rings. The van der Waals surface area contributed by atoms with Gasteiger partial charge in [-0.25, -0.2) is 0 Å². The fraction of sp³-hybridized carbons (Fsp3) is 0.636. The van der Waals surface area contributed by atoms with Crippen LogP contribution in [0.5, 0.6) is 0 Å². The molecule has 2 unspecified atom stereocenters. The second-order valence-electron chi connectivity index (χ2n) is 11.1. The number of non-ortho nitro benzene ring substituents is 1. The Kier molecular flexibility index (Phi) is 20.0. The number of rotatable bonds is 19. The molecule has 0 fully saturated rings. The first-order chi connectivity index (χ1) is 21.0. The molecule has 1 aliphatic carbocycles. The highest BCUT2D eigenvalue weighted by Gasteiger charge is 2.27. The molecule has 0 radical (unpaired) electrons. The maximum absolute atomic E-state index is 12.1. The Morgan fingerprint density at radius 1 is 1.07 bits per heavy atom. The van der Waals surface area contributed by atoms with Crippen LogP contribution in [0.4, 0.5) is 5.69 Å². The predicted molar refractivity (Wildman–Crippen MR) is 182 cm³/mol. The SMILES string of the molecule is CCCC(=O)OC1=C(SCCCCCC(=O)OC)C(/C=C/C(O)Cc2ccc([N+](=O)[O-])cc2)CC1.CCCCS(C)(C)OC. The number of methoxy groups -OCH3 is 1. The molecular weight excluding hydrogens is 602 g/mol. The van der Waals surface area contributed by atoms with Gasteiger partial charge < -0.3 is 18.8 Å². The minimum atomic E-state index is -0.729. The predicted octanol–water partition coefficient (Wildman–Crippen LogP) is 7.90. The van der Waals surface area contributed by atoms with E-state index in [1.807, 2.05) is 20.1 Å². The van der Waals surface area contributed by atoms with Crippen LogP contribution < -0.4 is 0 Å². The highest BCUT2D eigenvalue weighted by Crippen LogP contribution is 2.42. The van der Waals surface area contributed by atoms with Gasteiger partial charge in [0.05, 0.1) is 18.1 Å². The summed E-state index contributed by atoms with van der Waals surface area (Å²) in [5, 5.41) is 21.3. The monoisotopic (exact) mass is 655 g/mol. The lowest BCUT2D eigenvalue weighted by Gasteiger charge is -2.28. The van der Waals surface area contributed by atoms with Gasteiger partial charge in [0.1, 0.15) is 5.76 Å². The lowest BCUT2D eigenvalue weighted by molar-refractivity contribution is -0.384. The lowest BCUT2D eigenvalue weighted by Crippen LogP contribution is -2.08. The van der Waals surface area contributed by atoms with Crippen molar-refractivity contribution in [3.8, 4) is 0 Å². The Morgan fingerprint density at radius 2 is 1.77 bits per heavy atom. The number of hydrogen-bond acceptors (Lipinski definition) is 9. The molecule has 44 heavy (non-hydrogen) atoms. The van der Waals surface area contributed by atoms with Crippen molar-refractivity contribution in [3.63, 3.8) is 0 Å². The van der Waals surface area contributed by atoms with Crippen LogP contribution in [0.1, 0.15) is 83.6 Å². The number of aliphatic hydroxyl groups is 1. The molecule has 1 aliphatic rings. The molecule has 0 bridgehead atoms. The van der Waals surface area contributed by atoms with Gasteiger partial charge in [-0.2, -0.15) is 0 Å². The molecule has 0 saturated heterocycles.